The van der Waals surface area contributed by atoms with Crippen LogP contribution in [0, 0.1) is 0 Å². The van der Waals surface area contributed by atoms with E-state index in [-0.39, 0.29) is 24.0 Å². The molecule has 0 aliphatic rings. The van der Waals surface area contributed by atoms with Crippen LogP contribution in [-0.4, -0.2) is 36.0 Å². The van der Waals surface area contributed by atoms with Crippen LogP contribution in [0.5, 0.6) is 0 Å². The number of hydrogen-bond acceptors (Lipinski definition) is 3. The van der Waals surface area contributed by atoms with Crippen LogP contribution in [0.2, 0.25) is 0 Å². The van der Waals surface area contributed by atoms with Gasteiger partial charge in [-0.05, 0) is 34.1 Å². The molecule has 0 aliphatic carbocycles. The molecule has 0 radical (unpaired) electrons. The Morgan fingerprint density at radius 2 is 1.56 bits per heavy atom. The lowest BCUT2D eigenvalue weighted by molar-refractivity contribution is -0.141. The number of carbonyl (C=O) groups excluding carboxylic acids is 2. The first kappa shape index (κ1) is 14.9. The van der Waals surface area contributed by atoms with Crippen molar-refractivity contribution in [1.29, 1.82) is 0 Å². The Labute approximate surface area is 98.0 Å². The van der Waals surface area contributed by atoms with Gasteiger partial charge in [0.1, 0.15) is 0 Å². The molecule has 94 valence electrons. The molecular formula is C12H23NO3. The second-order valence-corrected chi connectivity index (χ2v) is 4.42. The third-order valence-corrected chi connectivity index (χ3v) is 2.40. The Bertz CT molecular complexity index is 228. The molecule has 1 amide bonds. The van der Waals surface area contributed by atoms with Crippen molar-refractivity contribution >= 4 is 11.9 Å². The largest absolute Gasteiger partial charge is 0.469 e. The van der Waals surface area contributed by atoms with Gasteiger partial charge in [0.15, 0.2) is 0 Å². The van der Waals surface area contributed by atoms with Gasteiger partial charge >= 0.3 is 5.97 Å². The molecule has 0 aromatic rings. The smallest absolute Gasteiger partial charge is 0.305 e. The minimum atomic E-state index is -0.256. The highest BCUT2D eigenvalue weighted by atomic mass is 16.5. The van der Waals surface area contributed by atoms with Crippen LogP contribution < -0.4 is 0 Å². The van der Waals surface area contributed by atoms with Crippen molar-refractivity contribution < 1.29 is 14.3 Å². The van der Waals surface area contributed by atoms with E-state index in [1.165, 1.54) is 7.11 Å². The summed E-state index contributed by atoms with van der Waals surface area (Å²) in [6.45, 7) is 7.99. The Kier molecular flexibility index (Phi) is 6.77. The van der Waals surface area contributed by atoms with E-state index in [9.17, 15) is 9.59 Å². The quantitative estimate of drug-likeness (QED) is 0.654. The summed E-state index contributed by atoms with van der Waals surface area (Å²) in [5.41, 5.74) is 0. The second-order valence-electron chi connectivity index (χ2n) is 4.42. The summed E-state index contributed by atoms with van der Waals surface area (Å²) in [5, 5.41) is 0. The third kappa shape index (κ3) is 5.14. The second kappa shape index (κ2) is 7.25. The van der Waals surface area contributed by atoms with Crippen molar-refractivity contribution in [3.8, 4) is 0 Å². The number of amides is 1. The van der Waals surface area contributed by atoms with E-state index in [0.717, 1.165) is 0 Å². The lowest BCUT2D eigenvalue weighted by Gasteiger charge is -2.30. The van der Waals surface area contributed by atoms with Gasteiger partial charge < -0.3 is 9.64 Å². The van der Waals surface area contributed by atoms with Gasteiger partial charge in [0, 0.05) is 24.9 Å². The molecule has 0 saturated carbocycles. The number of carbonyl (C=O) groups is 2. The summed E-state index contributed by atoms with van der Waals surface area (Å²) in [6.07, 6.45) is 1.28. The zero-order valence-corrected chi connectivity index (χ0v) is 10.9. The molecule has 16 heavy (non-hydrogen) atoms. The number of esters is 1. The van der Waals surface area contributed by atoms with Gasteiger partial charge in [-0.1, -0.05) is 0 Å². The molecule has 0 spiro atoms. The van der Waals surface area contributed by atoms with Crippen LogP contribution in [-0.2, 0) is 14.3 Å². The highest BCUT2D eigenvalue weighted by molar-refractivity contribution is 5.77. The molecule has 0 heterocycles. The van der Waals surface area contributed by atoms with Crippen molar-refractivity contribution in [1.82, 2.24) is 4.90 Å². The van der Waals surface area contributed by atoms with Gasteiger partial charge in [-0.25, -0.2) is 0 Å². The number of methoxy groups -OCH3 is 1. The number of hydrogen-bond donors (Lipinski definition) is 0. The molecule has 0 unspecified atom stereocenters. The summed E-state index contributed by atoms with van der Waals surface area (Å²) in [5.74, 6) is -0.151. The Morgan fingerprint density at radius 1 is 1.06 bits per heavy atom. The molecule has 0 aliphatic heterocycles. The Hall–Kier alpha value is -1.06. The van der Waals surface area contributed by atoms with Crippen molar-refractivity contribution in [3.05, 3.63) is 0 Å². The fourth-order valence-corrected chi connectivity index (χ4v) is 1.79. The van der Waals surface area contributed by atoms with Crippen molar-refractivity contribution in [3.63, 3.8) is 0 Å². The zero-order valence-electron chi connectivity index (χ0n) is 10.9. The predicted molar refractivity (Wildman–Crippen MR) is 63.0 cm³/mol. The van der Waals surface area contributed by atoms with Crippen molar-refractivity contribution in [2.45, 2.75) is 59.0 Å². The molecule has 0 atom stereocenters. The van der Waals surface area contributed by atoms with Gasteiger partial charge in [0.05, 0.1) is 7.11 Å². The van der Waals surface area contributed by atoms with E-state index in [0.29, 0.717) is 19.3 Å². The minimum absolute atomic E-state index is 0.105. The highest BCUT2D eigenvalue weighted by Gasteiger charge is 2.19. The molecule has 0 aromatic carbocycles. The van der Waals surface area contributed by atoms with E-state index in [1.54, 1.807) is 0 Å². The molecule has 0 saturated heterocycles. The fraction of sp³-hybridized carbons (Fsp3) is 0.833. The standard InChI is InChI=1S/C12H23NO3/c1-9(2)13(10(3)4)11(14)7-6-8-12(15)16-5/h9-10H,6-8H2,1-5H3. The molecule has 4 heteroatoms. The van der Waals surface area contributed by atoms with E-state index < -0.39 is 0 Å². The van der Waals surface area contributed by atoms with Gasteiger partial charge in [0.25, 0.3) is 0 Å². The molecule has 0 fully saturated rings. The topological polar surface area (TPSA) is 46.6 Å². The van der Waals surface area contributed by atoms with Gasteiger partial charge in [-0.15, -0.1) is 0 Å². The summed E-state index contributed by atoms with van der Waals surface area (Å²) in [6, 6.07) is 0.399. The predicted octanol–water partition coefficient (Wildman–Crippen LogP) is 1.98. The van der Waals surface area contributed by atoms with E-state index >= 15 is 0 Å². The molecule has 0 aromatic heterocycles. The summed E-state index contributed by atoms with van der Waals surface area (Å²) < 4.78 is 4.52. The Morgan fingerprint density at radius 3 is 1.94 bits per heavy atom. The van der Waals surface area contributed by atoms with Crippen molar-refractivity contribution in [2.24, 2.45) is 0 Å². The molecule has 0 rings (SSSR count). The fourth-order valence-electron chi connectivity index (χ4n) is 1.79. The van der Waals surface area contributed by atoms with E-state index in [4.69, 9.17) is 0 Å². The lowest BCUT2D eigenvalue weighted by Crippen LogP contribution is -2.41. The highest BCUT2D eigenvalue weighted by Crippen LogP contribution is 2.09. The zero-order chi connectivity index (χ0) is 12.7. The van der Waals surface area contributed by atoms with Gasteiger partial charge in [-0.2, -0.15) is 0 Å². The van der Waals surface area contributed by atoms with E-state index in [2.05, 4.69) is 4.74 Å². The maximum atomic E-state index is 11.9. The Balaban J connectivity index is 4.07. The first-order valence-corrected chi connectivity index (χ1v) is 5.78. The summed E-state index contributed by atoms with van der Waals surface area (Å²) in [7, 11) is 1.36. The minimum Gasteiger partial charge on any atom is -0.469 e. The van der Waals surface area contributed by atoms with Crippen LogP contribution in [0.25, 0.3) is 0 Å². The average molecular weight is 229 g/mol. The monoisotopic (exact) mass is 229 g/mol. The number of rotatable bonds is 6. The molecule has 0 bridgehead atoms. The lowest BCUT2D eigenvalue weighted by atomic mass is 10.1. The number of nitrogens with zero attached hydrogens (tertiary/aromatic N) is 1. The van der Waals surface area contributed by atoms with Gasteiger partial charge in [0.2, 0.25) is 5.91 Å². The molecule has 4 nitrogen and oxygen atoms in total. The van der Waals surface area contributed by atoms with Crippen LogP contribution in [0.1, 0.15) is 47.0 Å². The first-order valence-electron chi connectivity index (χ1n) is 5.78. The van der Waals surface area contributed by atoms with Crippen LogP contribution >= 0.6 is 0 Å². The SMILES string of the molecule is COC(=O)CCCC(=O)N(C(C)C)C(C)C. The maximum absolute atomic E-state index is 11.9. The average Bonchev–Trinajstić information content (AvgIpc) is 2.16. The first-order chi connectivity index (χ1) is 7.40. The van der Waals surface area contributed by atoms with E-state index in [1.807, 2.05) is 32.6 Å². The van der Waals surface area contributed by atoms with Crippen LogP contribution in [0.4, 0.5) is 0 Å². The summed E-state index contributed by atoms with van der Waals surface area (Å²) >= 11 is 0. The van der Waals surface area contributed by atoms with Gasteiger partial charge in [-0.3, -0.25) is 9.59 Å². The molecular weight excluding hydrogens is 206 g/mol. The van der Waals surface area contributed by atoms with Crippen molar-refractivity contribution in [2.75, 3.05) is 7.11 Å². The maximum Gasteiger partial charge on any atom is 0.305 e. The van der Waals surface area contributed by atoms with Crippen LogP contribution in [0.15, 0.2) is 0 Å². The normalized spacial score (nSPS) is 10.7. The number of ether oxygens (including phenoxy) is 1. The summed E-state index contributed by atoms with van der Waals surface area (Å²) in [4.78, 5) is 24.6. The van der Waals surface area contributed by atoms with Crippen LogP contribution in [0.3, 0.4) is 0 Å². The third-order valence-electron chi connectivity index (χ3n) is 2.40. The molecule has 0 N–H and O–H groups in total.